The fourth-order valence-electron chi connectivity index (χ4n) is 6.77. The molecule has 0 fully saturated rings. The first kappa shape index (κ1) is 67.9. The number of allylic oxidation sites excluding steroid dienone is 19. The summed E-state index contributed by atoms with van der Waals surface area (Å²) in [7, 11) is -4.78. The summed E-state index contributed by atoms with van der Waals surface area (Å²) in [6, 6.07) is 0. The number of esters is 3. The van der Waals surface area contributed by atoms with Crippen molar-refractivity contribution in [1.82, 2.24) is 0 Å². The topological polar surface area (TPSA) is 155 Å². The van der Waals surface area contributed by atoms with Gasteiger partial charge in [0.05, 0.1) is 26.2 Å². The first-order valence-electron chi connectivity index (χ1n) is 27.4. The summed E-state index contributed by atoms with van der Waals surface area (Å²) >= 11 is 0. The minimum atomic E-state index is -4.78. The van der Waals surface area contributed by atoms with Crippen LogP contribution in [0.15, 0.2) is 122 Å². The van der Waals surface area contributed by atoms with Gasteiger partial charge in [-0.25, -0.2) is 4.57 Å². The number of ether oxygens (including phenoxy) is 3. The molecule has 2 N–H and O–H groups in total. The van der Waals surface area contributed by atoms with Crippen LogP contribution in [-0.4, -0.2) is 66.5 Å². The summed E-state index contributed by atoms with van der Waals surface area (Å²) in [5.41, 5.74) is 0. The second kappa shape index (κ2) is 53.2. The number of hydrogen-bond donors (Lipinski definition) is 2. The van der Waals surface area contributed by atoms with Crippen LogP contribution in [0.25, 0.3) is 0 Å². The van der Waals surface area contributed by atoms with Crippen LogP contribution in [0.4, 0.5) is 0 Å². The molecular weight excluding hydrogens is 928 g/mol. The lowest BCUT2D eigenvalue weighted by Gasteiger charge is -2.21. The number of rotatable bonds is 49. The Morgan fingerprint density at radius 1 is 0.417 bits per heavy atom. The molecule has 408 valence electrons. The predicted octanol–water partition coefficient (Wildman–Crippen LogP) is 16.0. The number of phosphoric acid groups is 1. The Labute approximate surface area is 437 Å². The molecule has 0 aromatic carbocycles. The van der Waals surface area contributed by atoms with Crippen molar-refractivity contribution in [3.05, 3.63) is 122 Å². The molecule has 0 saturated carbocycles. The van der Waals surface area contributed by atoms with Gasteiger partial charge in [0.25, 0.3) is 0 Å². The van der Waals surface area contributed by atoms with E-state index in [9.17, 15) is 28.9 Å². The zero-order chi connectivity index (χ0) is 52.7. The van der Waals surface area contributed by atoms with Crippen molar-refractivity contribution in [2.24, 2.45) is 0 Å². The van der Waals surface area contributed by atoms with Gasteiger partial charge in [0.15, 0.2) is 6.10 Å². The molecule has 3 atom stereocenters. The molecule has 0 saturated heterocycles. The van der Waals surface area contributed by atoms with E-state index >= 15 is 0 Å². The molecule has 12 heteroatoms. The molecule has 0 aliphatic rings. The fourth-order valence-corrected chi connectivity index (χ4v) is 7.55. The van der Waals surface area contributed by atoms with Crippen molar-refractivity contribution in [3.8, 4) is 0 Å². The zero-order valence-corrected chi connectivity index (χ0v) is 45.7. The molecule has 0 spiro atoms. The molecule has 0 heterocycles. The molecule has 0 amide bonds. The van der Waals surface area contributed by atoms with Crippen LogP contribution in [0.2, 0.25) is 0 Å². The molecule has 0 aromatic rings. The highest BCUT2D eigenvalue weighted by atomic mass is 31.2. The van der Waals surface area contributed by atoms with Crippen LogP contribution in [0, 0.1) is 0 Å². The molecule has 0 radical (unpaired) electrons. The fraction of sp³-hybridized carbons (Fsp3) is 0.617. The first-order chi connectivity index (χ1) is 35.2. The summed E-state index contributed by atoms with van der Waals surface area (Å²) in [5.74, 6) is -1.67. The lowest BCUT2D eigenvalue weighted by Crippen LogP contribution is -2.30. The minimum Gasteiger partial charge on any atom is -0.462 e. The van der Waals surface area contributed by atoms with Crippen molar-refractivity contribution < 1.29 is 52.2 Å². The largest absolute Gasteiger partial charge is 0.472 e. The Bertz CT molecular complexity index is 1670. The smallest absolute Gasteiger partial charge is 0.462 e. The second-order valence-corrected chi connectivity index (χ2v) is 19.1. The maximum atomic E-state index is 12.9. The lowest BCUT2D eigenvalue weighted by atomic mass is 10.1. The molecule has 0 bridgehead atoms. The van der Waals surface area contributed by atoms with E-state index in [2.05, 4.69) is 118 Å². The van der Waals surface area contributed by atoms with Gasteiger partial charge in [-0.3, -0.25) is 23.4 Å². The summed E-state index contributed by atoms with van der Waals surface area (Å²) in [6.07, 6.45) is 64.8. The van der Waals surface area contributed by atoms with Crippen molar-refractivity contribution in [2.75, 3.05) is 26.4 Å². The third-order valence-corrected chi connectivity index (χ3v) is 11.8. The quantitative estimate of drug-likeness (QED) is 0.0197. The van der Waals surface area contributed by atoms with E-state index in [1.807, 2.05) is 18.2 Å². The Morgan fingerprint density at radius 2 is 0.778 bits per heavy atom. The number of phosphoric ester groups is 1. The average molecular weight is 1030 g/mol. The Kier molecular flexibility index (Phi) is 50.1. The van der Waals surface area contributed by atoms with Crippen LogP contribution in [0.3, 0.4) is 0 Å². The van der Waals surface area contributed by atoms with Gasteiger partial charge in [-0.05, 0) is 109 Å². The highest BCUT2D eigenvalue weighted by Crippen LogP contribution is 2.43. The van der Waals surface area contributed by atoms with E-state index in [0.29, 0.717) is 19.3 Å². The molecule has 11 nitrogen and oxygen atoms in total. The van der Waals surface area contributed by atoms with Gasteiger partial charge < -0.3 is 24.2 Å². The van der Waals surface area contributed by atoms with E-state index in [1.54, 1.807) is 6.08 Å². The number of unbranched alkanes of at least 4 members (excludes halogenated alkanes) is 13. The highest BCUT2D eigenvalue weighted by molar-refractivity contribution is 7.47. The standard InChI is InChI=1S/C60H97O11P/c1-4-7-10-13-16-19-22-25-27-28-30-32-34-37-40-43-46-49-58(62)67-53-57(71-60(64)51-48-45-42-39-36-33-29-26-23-20-17-14-11-8-5-2)55-69-72(65,66)68-54-56(52-61)70-59(63)50-47-44-41-38-35-31-24-21-18-15-12-9-6-3/h7-8,10-11,16-17,19-21,24-27,29-30,32,36,39,45,48,56-57,61H,4-6,9,12-15,18,22-23,28,31,33-35,37-38,40-44,46-47,49-55H2,1-3H3,(H,65,66)/b10-7-,11-8-,19-16-,20-17-,24-21-,27-25-,29-26-,32-30-,39-36-,48-45-. The summed E-state index contributed by atoms with van der Waals surface area (Å²) in [4.78, 5) is 48.4. The van der Waals surface area contributed by atoms with E-state index in [-0.39, 0.29) is 19.3 Å². The average Bonchev–Trinajstić information content (AvgIpc) is 3.37. The molecule has 0 rings (SSSR count). The monoisotopic (exact) mass is 1020 g/mol. The van der Waals surface area contributed by atoms with Crippen LogP contribution in [0.1, 0.15) is 201 Å². The molecule has 3 unspecified atom stereocenters. The Morgan fingerprint density at radius 3 is 1.24 bits per heavy atom. The van der Waals surface area contributed by atoms with Crippen LogP contribution in [-0.2, 0) is 42.2 Å². The van der Waals surface area contributed by atoms with Crippen molar-refractivity contribution >= 4 is 25.7 Å². The van der Waals surface area contributed by atoms with Gasteiger partial charge in [0.1, 0.15) is 12.7 Å². The minimum absolute atomic E-state index is 0.0768. The van der Waals surface area contributed by atoms with Crippen molar-refractivity contribution in [2.45, 2.75) is 213 Å². The number of aliphatic hydroxyl groups is 1. The maximum Gasteiger partial charge on any atom is 0.472 e. The lowest BCUT2D eigenvalue weighted by molar-refractivity contribution is -0.160. The van der Waals surface area contributed by atoms with Crippen LogP contribution < -0.4 is 0 Å². The van der Waals surface area contributed by atoms with Gasteiger partial charge >= 0.3 is 25.7 Å². The van der Waals surface area contributed by atoms with E-state index in [0.717, 1.165) is 116 Å². The van der Waals surface area contributed by atoms with Gasteiger partial charge in [-0.2, -0.15) is 0 Å². The SMILES string of the molecule is CC/C=C\C/C=C\C/C=C\C/C=C\C/C=C\CC(=O)OC(COC(=O)CCCCCC/C=C\C/C=C\C/C=C\C/C=C\CC)COP(=O)(O)OCC(CO)OC(=O)CCCCCCC/C=C\CCCCCC. The number of carbonyl (C=O) groups excluding carboxylic acids is 3. The Balaban J connectivity index is 4.91. The van der Waals surface area contributed by atoms with Gasteiger partial charge in [-0.1, -0.05) is 194 Å². The van der Waals surface area contributed by atoms with Crippen molar-refractivity contribution in [3.63, 3.8) is 0 Å². The molecular formula is C60H97O11P. The molecule has 0 aromatic heterocycles. The van der Waals surface area contributed by atoms with Gasteiger partial charge in [0.2, 0.25) is 0 Å². The van der Waals surface area contributed by atoms with E-state index < -0.39 is 64.4 Å². The van der Waals surface area contributed by atoms with Gasteiger partial charge in [0, 0.05) is 12.8 Å². The Hall–Kier alpha value is -4.12. The first-order valence-corrected chi connectivity index (χ1v) is 28.9. The van der Waals surface area contributed by atoms with Crippen molar-refractivity contribution in [1.29, 1.82) is 0 Å². The third kappa shape index (κ3) is 50.8. The third-order valence-electron chi connectivity index (χ3n) is 10.9. The van der Waals surface area contributed by atoms with E-state index in [4.69, 9.17) is 23.3 Å². The number of aliphatic hydroxyl groups excluding tert-OH is 1. The van der Waals surface area contributed by atoms with E-state index in [1.165, 1.54) is 25.7 Å². The zero-order valence-electron chi connectivity index (χ0n) is 44.8. The molecule has 0 aliphatic heterocycles. The van der Waals surface area contributed by atoms with Crippen LogP contribution >= 0.6 is 7.82 Å². The van der Waals surface area contributed by atoms with Gasteiger partial charge in [-0.15, -0.1) is 0 Å². The predicted molar refractivity (Wildman–Crippen MR) is 297 cm³/mol. The molecule has 0 aliphatic carbocycles. The van der Waals surface area contributed by atoms with Crippen LogP contribution in [0.5, 0.6) is 0 Å². The second-order valence-electron chi connectivity index (χ2n) is 17.6. The molecule has 72 heavy (non-hydrogen) atoms. The summed E-state index contributed by atoms with van der Waals surface area (Å²) in [6.45, 7) is 4.22. The highest BCUT2D eigenvalue weighted by Gasteiger charge is 2.28. The normalized spacial score (nSPS) is 14.3. The summed E-state index contributed by atoms with van der Waals surface area (Å²) in [5, 5.41) is 9.79. The number of hydrogen-bond acceptors (Lipinski definition) is 10. The maximum absolute atomic E-state index is 12.9. The number of carbonyl (C=O) groups is 3. The summed E-state index contributed by atoms with van der Waals surface area (Å²) < 4.78 is 39.3.